The monoisotopic (exact) mass is 394 g/mol. The van der Waals surface area contributed by atoms with Crippen LogP contribution in [0.15, 0.2) is 22.6 Å². The van der Waals surface area contributed by atoms with Crippen LogP contribution in [0.4, 0.5) is 4.39 Å². The molecule has 0 saturated heterocycles. The van der Waals surface area contributed by atoms with Gasteiger partial charge in [-0.2, -0.15) is 0 Å². The van der Waals surface area contributed by atoms with Crippen LogP contribution >= 0.6 is 11.6 Å². The summed E-state index contributed by atoms with van der Waals surface area (Å²) in [4.78, 5) is 24.1. The SMILES string of the molecule is Cc1nnc(C(=O)NC23CC(NC(=O)COc4ccc(Cl)c(F)c4)(C2)C3)o1. The molecule has 2 bridgehead atoms. The van der Waals surface area contributed by atoms with Gasteiger partial charge in [-0.1, -0.05) is 11.6 Å². The molecule has 142 valence electrons. The van der Waals surface area contributed by atoms with Crippen molar-refractivity contribution in [3.63, 3.8) is 0 Å². The van der Waals surface area contributed by atoms with Gasteiger partial charge in [-0.25, -0.2) is 4.39 Å². The molecular formula is C17H16ClFN4O4. The summed E-state index contributed by atoms with van der Waals surface area (Å²) in [5, 5.41) is 13.1. The Kier molecular flexibility index (Phi) is 4.06. The average molecular weight is 395 g/mol. The molecule has 8 nitrogen and oxygen atoms in total. The third kappa shape index (κ3) is 3.34. The maximum atomic E-state index is 13.4. The van der Waals surface area contributed by atoms with Gasteiger partial charge in [-0.3, -0.25) is 9.59 Å². The third-order valence-corrected chi connectivity index (χ3v) is 5.10. The van der Waals surface area contributed by atoms with Gasteiger partial charge in [0.25, 0.3) is 5.91 Å². The van der Waals surface area contributed by atoms with E-state index in [1.165, 1.54) is 12.1 Å². The Labute approximate surface area is 158 Å². The van der Waals surface area contributed by atoms with Crippen LogP contribution in [0.1, 0.15) is 35.8 Å². The van der Waals surface area contributed by atoms with Gasteiger partial charge in [0.05, 0.1) is 5.02 Å². The van der Waals surface area contributed by atoms with Gasteiger partial charge in [0.2, 0.25) is 5.89 Å². The second-order valence-electron chi connectivity index (χ2n) is 7.08. The van der Waals surface area contributed by atoms with Crippen molar-refractivity contribution >= 4 is 23.4 Å². The molecule has 0 radical (unpaired) electrons. The van der Waals surface area contributed by atoms with E-state index in [1.54, 1.807) is 6.92 Å². The molecule has 0 aliphatic heterocycles. The average Bonchev–Trinajstić information content (AvgIpc) is 2.99. The van der Waals surface area contributed by atoms with Crippen LogP contribution in [0.2, 0.25) is 5.02 Å². The van der Waals surface area contributed by atoms with E-state index in [0.717, 1.165) is 6.07 Å². The molecule has 1 aromatic carbocycles. The van der Waals surface area contributed by atoms with Gasteiger partial charge in [0.15, 0.2) is 6.61 Å². The number of amides is 2. The quantitative estimate of drug-likeness (QED) is 0.773. The predicted molar refractivity (Wildman–Crippen MR) is 90.9 cm³/mol. The number of carbonyl (C=O) groups excluding carboxylic acids is 2. The molecule has 2 N–H and O–H groups in total. The second-order valence-corrected chi connectivity index (χ2v) is 7.49. The number of hydrogen-bond donors (Lipinski definition) is 2. The number of ether oxygens (including phenoxy) is 1. The fourth-order valence-corrected chi connectivity index (χ4v) is 3.90. The number of rotatable bonds is 6. The summed E-state index contributed by atoms with van der Waals surface area (Å²) in [7, 11) is 0. The van der Waals surface area contributed by atoms with Crippen LogP contribution in [-0.2, 0) is 4.79 Å². The van der Waals surface area contributed by atoms with Crippen molar-refractivity contribution in [2.75, 3.05) is 6.61 Å². The smallest absolute Gasteiger partial charge is 0.309 e. The summed E-state index contributed by atoms with van der Waals surface area (Å²) >= 11 is 5.60. The molecule has 3 aliphatic rings. The molecule has 3 saturated carbocycles. The Morgan fingerprint density at radius 2 is 1.96 bits per heavy atom. The predicted octanol–water partition coefficient (Wildman–Crippen LogP) is 1.77. The van der Waals surface area contributed by atoms with E-state index in [-0.39, 0.29) is 40.3 Å². The lowest BCUT2D eigenvalue weighted by Crippen LogP contribution is -2.84. The molecule has 10 heteroatoms. The summed E-state index contributed by atoms with van der Waals surface area (Å²) in [5.41, 5.74) is -0.670. The Hall–Kier alpha value is -2.68. The van der Waals surface area contributed by atoms with Gasteiger partial charge in [0.1, 0.15) is 11.6 Å². The molecule has 0 unspecified atom stereocenters. The Bertz CT molecular complexity index is 912. The third-order valence-electron chi connectivity index (χ3n) is 4.79. The molecule has 5 rings (SSSR count). The molecule has 3 fully saturated rings. The number of aryl methyl sites for hydroxylation is 1. The molecule has 27 heavy (non-hydrogen) atoms. The van der Waals surface area contributed by atoms with Gasteiger partial charge in [0, 0.05) is 24.1 Å². The lowest BCUT2D eigenvalue weighted by atomic mass is 9.44. The molecule has 0 atom stereocenters. The van der Waals surface area contributed by atoms with E-state index in [1.807, 2.05) is 0 Å². The second kappa shape index (κ2) is 6.19. The van der Waals surface area contributed by atoms with Gasteiger partial charge >= 0.3 is 11.8 Å². The number of aromatic nitrogens is 2. The van der Waals surface area contributed by atoms with Gasteiger partial charge in [-0.05, 0) is 31.4 Å². The highest BCUT2D eigenvalue weighted by molar-refractivity contribution is 6.30. The Morgan fingerprint density at radius 3 is 2.59 bits per heavy atom. The Morgan fingerprint density at radius 1 is 1.26 bits per heavy atom. The number of benzene rings is 1. The highest BCUT2D eigenvalue weighted by Gasteiger charge is 2.69. The minimum Gasteiger partial charge on any atom is -0.484 e. The number of nitrogens with zero attached hydrogens (tertiary/aromatic N) is 2. The number of hydrogen-bond acceptors (Lipinski definition) is 6. The number of halogens is 2. The molecule has 2 aromatic rings. The zero-order valence-corrected chi connectivity index (χ0v) is 15.1. The summed E-state index contributed by atoms with van der Waals surface area (Å²) in [6.45, 7) is 1.37. The lowest BCUT2D eigenvalue weighted by Gasteiger charge is -2.70. The van der Waals surface area contributed by atoms with Gasteiger partial charge < -0.3 is 19.8 Å². The van der Waals surface area contributed by atoms with Crippen LogP contribution in [0.3, 0.4) is 0 Å². The fourth-order valence-electron chi connectivity index (χ4n) is 3.78. The van der Waals surface area contributed by atoms with Crippen molar-refractivity contribution < 1.29 is 23.1 Å². The molecule has 1 heterocycles. The summed E-state index contributed by atoms with van der Waals surface area (Å²) in [6, 6.07) is 3.98. The van der Waals surface area contributed by atoms with Crippen molar-refractivity contribution in [1.82, 2.24) is 20.8 Å². The van der Waals surface area contributed by atoms with Crippen LogP contribution in [0.25, 0.3) is 0 Å². The largest absolute Gasteiger partial charge is 0.484 e. The topological polar surface area (TPSA) is 106 Å². The van der Waals surface area contributed by atoms with Crippen LogP contribution in [-0.4, -0.2) is 39.7 Å². The summed E-state index contributed by atoms with van der Waals surface area (Å²) in [5.74, 6) is -0.854. The zero-order valence-electron chi connectivity index (χ0n) is 14.3. The van der Waals surface area contributed by atoms with Gasteiger partial charge in [-0.15, -0.1) is 10.2 Å². The molecule has 0 spiro atoms. The van der Waals surface area contributed by atoms with Crippen LogP contribution < -0.4 is 15.4 Å². The lowest BCUT2D eigenvalue weighted by molar-refractivity contribution is -0.141. The van der Waals surface area contributed by atoms with E-state index in [0.29, 0.717) is 25.2 Å². The maximum absolute atomic E-state index is 13.4. The Balaban J connectivity index is 1.23. The highest BCUT2D eigenvalue weighted by Crippen LogP contribution is 2.60. The normalized spacial score (nSPS) is 25.1. The first-order valence-corrected chi connectivity index (χ1v) is 8.68. The van der Waals surface area contributed by atoms with E-state index >= 15 is 0 Å². The summed E-state index contributed by atoms with van der Waals surface area (Å²) in [6.07, 6.45) is 1.88. The first kappa shape index (κ1) is 17.7. The van der Waals surface area contributed by atoms with Crippen molar-refractivity contribution in [3.05, 3.63) is 40.8 Å². The van der Waals surface area contributed by atoms with E-state index in [2.05, 4.69) is 20.8 Å². The van der Waals surface area contributed by atoms with E-state index < -0.39 is 11.7 Å². The fraction of sp³-hybridized carbons (Fsp3) is 0.412. The molecular weight excluding hydrogens is 379 g/mol. The minimum atomic E-state index is -0.608. The standard InChI is InChI=1S/C17H16ClFN4O4/c1-9-22-23-15(27-9)14(25)21-17-6-16(7-17,8-17)20-13(24)5-26-10-2-3-11(18)12(19)4-10/h2-4H,5-8H2,1H3,(H,20,24)(H,21,25). The first-order valence-electron chi connectivity index (χ1n) is 8.30. The van der Waals surface area contributed by atoms with Crippen LogP contribution in [0.5, 0.6) is 5.75 Å². The highest BCUT2D eigenvalue weighted by atomic mass is 35.5. The molecule has 2 amide bonds. The number of carbonyl (C=O) groups is 2. The van der Waals surface area contributed by atoms with Crippen molar-refractivity contribution in [1.29, 1.82) is 0 Å². The molecule has 1 aromatic heterocycles. The summed E-state index contributed by atoms with van der Waals surface area (Å²) < 4.78 is 23.7. The zero-order chi connectivity index (χ0) is 19.2. The van der Waals surface area contributed by atoms with Crippen molar-refractivity contribution in [3.8, 4) is 5.75 Å². The van der Waals surface area contributed by atoms with Crippen molar-refractivity contribution in [2.45, 2.75) is 37.3 Å². The van der Waals surface area contributed by atoms with Crippen molar-refractivity contribution in [2.24, 2.45) is 0 Å². The first-order chi connectivity index (χ1) is 12.8. The molecule has 3 aliphatic carbocycles. The maximum Gasteiger partial charge on any atom is 0.309 e. The van der Waals surface area contributed by atoms with Crippen LogP contribution in [0, 0.1) is 12.7 Å². The minimum absolute atomic E-state index is 0.0105. The number of nitrogens with one attached hydrogen (secondary N) is 2. The van der Waals surface area contributed by atoms with E-state index in [9.17, 15) is 14.0 Å². The van der Waals surface area contributed by atoms with E-state index in [4.69, 9.17) is 20.8 Å².